The summed E-state index contributed by atoms with van der Waals surface area (Å²) in [6.07, 6.45) is 6.53. The molecule has 4 aromatic rings. The minimum absolute atomic E-state index is 0.0973. The molecular formula is C22H18N6O2. The molecule has 0 saturated carbocycles. The summed E-state index contributed by atoms with van der Waals surface area (Å²) < 4.78 is 0. The van der Waals surface area contributed by atoms with E-state index in [-0.39, 0.29) is 11.4 Å². The third kappa shape index (κ3) is 4.22. The Kier molecular flexibility index (Phi) is 5.29. The maximum Gasteiger partial charge on any atom is 0.261 e. The van der Waals surface area contributed by atoms with Gasteiger partial charge in [0, 0.05) is 41.7 Å². The van der Waals surface area contributed by atoms with Crippen molar-refractivity contribution < 1.29 is 9.90 Å². The molecule has 4 rings (SSSR count). The molecule has 1 amide bonds. The fourth-order valence-corrected chi connectivity index (χ4v) is 2.82. The number of carbonyl (C=O) groups excluding carboxylic acids is 1. The number of anilines is 3. The van der Waals surface area contributed by atoms with Crippen LogP contribution in [0.5, 0.6) is 5.88 Å². The van der Waals surface area contributed by atoms with Gasteiger partial charge in [-0.15, -0.1) is 0 Å². The van der Waals surface area contributed by atoms with Crippen LogP contribution in [0.2, 0.25) is 0 Å². The molecule has 0 aliphatic rings. The molecule has 0 aliphatic heterocycles. The van der Waals surface area contributed by atoms with Gasteiger partial charge in [0.05, 0.1) is 5.69 Å². The number of amides is 1. The van der Waals surface area contributed by atoms with Crippen molar-refractivity contribution in [2.75, 3.05) is 10.6 Å². The van der Waals surface area contributed by atoms with E-state index >= 15 is 0 Å². The molecule has 0 bridgehead atoms. The number of carbonyl (C=O) groups is 1. The third-order valence-electron chi connectivity index (χ3n) is 4.39. The zero-order valence-electron chi connectivity index (χ0n) is 16.1. The molecule has 0 saturated heterocycles. The first kappa shape index (κ1) is 19.0. The summed E-state index contributed by atoms with van der Waals surface area (Å²) in [6, 6.07) is 14.1. The molecule has 30 heavy (non-hydrogen) atoms. The number of aryl methyl sites for hydroxylation is 1. The second-order valence-corrected chi connectivity index (χ2v) is 6.49. The van der Waals surface area contributed by atoms with Gasteiger partial charge in [-0.3, -0.25) is 9.78 Å². The van der Waals surface area contributed by atoms with Crippen LogP contribution < -0.4 is 10.6 Å². The molecule has 0 spiro atoms. The van der Waals surface area contributed by atoms with Crippen LogP contribution in [0.4, 0.5) is 17.3 Å². The molecule has 3 N–H and O–H groups in total. The van der Waals surface area contributed by atoms with Crippen molar-refractivity contribution in [3.63, 3.8) is 0 Å². The summed E-state index contributed by atoms with van der Waals surface area (Å²) in [5.41, 5.74) is 3.98. The van der Waals surface area contributed by atoms with Crippen LogP contribution in [0, 0.1) is 6.92 Å². The van der Waals surface area contributed by atoms with Crippen LogP contribution in [0.15, 0.2) is 73.3 Å². The Morgan fingerprint density at radius 3 is 2.67 bits per heavy atom. The fourth-order valence-electron chi connectivity index (χ4n) is 2.82. The Labute approximate surface area is 172 Å². The highest BCUT2D eigenvalue weighted by Crippen LogP contribution is 2.25. The lowest BCUT2D eigenvalue weighted by atomic mass is 10.1. The first-order valence-electron chi connectivity index (χ1n) is 9.16. The van der Waals surface area contributed by atoms with Gasteiger partial charge in [0.1, 0.15) is 5.56 Å². The molecule has 0 unspecified atom stereocenters. The Morgan fingerprint density at radius 2 is 1.87 bits per heavy atom. The van der Waals surface area contributed by atoms with E-state index in [1.165, 1.54) is 12.3 Å². The van der Waals surface area contributed by atoms with Gasteiger partial charge in [-0.25, -0.2) is 15.0 Å². The van der Waals surface area contributed by atoms with E-state index in [9.17, 15) is 9.90 Å². The van der Waals surface area contributed by atoms with Crippen LogP contribution in [0.25, 0.3) is 11.3 Å². The highest BCUT2D eigenvalue weighted by atomic mass is 16.3. The fraction of sp³-hybridized carbons (Fsp3) is 0.0455. The number of pyridine rings is 2. The van der Waals surface area contributed by atoms with E-state index < -0.39 is 5.91 Å². The maximum atomic E-state index is 12.4. The molecule has 0 aliphatic carbocycles. The molecule has 0 radical (unpaired) electrons. The summed E-state index contributed by atoms with van der Waals surface area (Å²) in [7, 11) is 0. The van der Waals surface area contributed by atoms with Crippen LogP contribution in [-0.4, -0.2) is 30.9 Å². The third-order valence-corrected chi connectivity index (χ3v) is 4.39. The number of hydrogen-bond donors (Lipinski definition) is 3. The van der Waals surface area contributed by atoms with Crippen molar-refractivity contribution in [2.45, 2.75) is 6.92 Å². The second-order valence-electron chi connectivity index (χ2n) is 6.49. The Bertz CT molecular complexity index is 1200. The molecule has 0 fully saturated rings. The van der Waals surface area contributed by atoms with Crippen LogP contribution in [0.3, 0.4) is 0 Å². The molecule has 3 heterocycles. The van der Waals surface area contributed by atoms with Gasteiger partial charge in [-0.05, 0) is 55.0 Å². The van der Waals surface area contributed by atoms with Crippen LogP contribution in [-0.2, 0) is 0 Å². The SMILES string of the molecule is Cc1ccc(NC(=O)c2cccnc2O)cc1Nc1nccc(-c2cccnc2)n1. The van der Waals surface area contributed by atoms with Gasteiger partial charge in [0.15, 0.2) is 0 Å². The molecule has 8 nitrogen and oxygen atoms in total. The van der Waals surface area contributed by atoms with Crippen molar-refractivity contribution >= 4 is 23.2 Å². The minimum atomic E-state index is -0.453. The lowest BCUT2D eigenvalue weighted by Crippen LogP contribution is -2.12. The highest BCUT2D eigenvalue weighted by molar-refractivity contribution is 6.06. The van der Waals surface area contributed by atoms with E-state index in [0.717, 1.165) is 22.5 Å². The summed E-state index contributed by atoms with van der Waals surface area (Å²) in [6.45, 7) is 1.94. The minimum Gasteiger partial charge on any atom is -0.493 e. The molecule has 1 aromatic carbocycles. The highest BCUT2D eigenvalue weighted by Gasteiger charge is 2.13. The smallest absolute Gasteiger partial charge is 0.261 e. The quantitative estimate of drug-likeness (QED) is 0.467. The molecule has 3 aromatic heterocycles. The Hall–Kier alpha value is -4.33. The number of hydrogen-bond acceptors (Lipinski definition) is 7. The van der Waals surface area contributed by atoms with Crippen molar-refractivity contribution in [2.24, 2.45) is 0 Å². The summed E-state index contributed by atoms with van der Waals surface area (Å²) in [5.74, 6) is -0.348. The van der Waals surface area contributed by atoms with Crippen molar-refractivity contribution in [1.82, 2.24) is 19.9 Å². The van der Waals surface area contributed by atoms with E-state index in [1.54, 1.807) is 36.8 Å². The number of aromatic hydroxyl groups is 1. The van der Waals surface area contributed by atoms with Crippen molar-refractivity contribution in [3.8, 4) is 17.1 Å². The standard InChI is InChI=1S/C22H18N6O2/c1-14-6-7-16(26-21(30)17-5-3-10-24-20(17)29)12-19(14)28-22-25-11-8-18(27-22)15-4-2-9-23-13-15/h2-13H,1H3,(H,24,29)(H,26,30)(H,25,27,28). The molecule has 148 valence electrons. The topological polar surface area (TPSA) is 113 Å². The number of nitrogens with one attached hydrogen (secondary N) is 2. The van der Waals surface area contributed by atoms with E-state index in [2.05, 4.69) is 30.6 Å². The lowest BCUT2D eigenvalue weighted by Gasteiger charge is -2.12. The average Bonchev–Trinajstić information content (AvgIpc) is 2.77. The number of rotatable bonds is 5. The number of aromatic nitrogens is 4. The first-order chi connectivity index (χ1) is 14.6. The van der Waals surface area contributed by atoms with Gasteiger partial charge in [0.25, 0.3) is 5.91 Å². The number of benzene rings is 1. The zero-order chi connectivity index (χ0) is 20.9. The summed E-state index contributed by atoms with van der Waals surface area (Å²) in [5, 5.41) is 15.7. The van der Waals surface area contributed by atoms with E-state index in [1.807, 2.05) is 31.2 Å². The monoisotopic (exact) mass is 398 g/mol. The maximum absolute atomic E-state index is 12.4. The number of nitrogens with zero attached hydrogens (tertiary/aromatic N) is 4. The van der Waals surface area contributed by atoms with Crippen molar-refractivity contribution in [1.29, 1.82) is 0 Å². The van der Waals surface area contributed by atoms with Gasteiger partial charge in [-0.2, -0.15) is 0 Å². The van der Waals surface area contributed by atoms with Crippen LogP contribution in [0.1, 0.15) is 15.9 Å². The van der Waals surface area contributed by atoms with Gasteiger partial charge in [-0.1, -0.05) is 6.07 Å². The predicted molar refractivity (Wildman–Crippen MR) is 114 cm³/mol. The molecule has 8 heteroatoms. The molecule has 0 atom stereocenters. The Morgan fingerprint density at radius 1 is 1.00 bits per heavy atom. The largest absolute Gasteiger partial charge is 0.493 e. The molecular weight excluding hydrogens is 380 g/mol. The lowest BCUT2D eigenvalue weighted by molar-refractivity contribution is 0.102. The predicted octanol–water partition coefficient (Wildman–Crippen LogP) is 3.94. The van der Waals surface area contributed by atoms with E-state index in [4.69, 9.17) is 0 Å². The summed E-state index contributed by atoms with van der Waals surface area (Å²) in [4.78, 5) is 29.1. The summed E-state index contributed by atoms with van der Waals surface area (Å²) >= 11 is 0. The Balaban J connectivity index is 1.56. The average molecular weight is 398 g/mol. The second kappa shape index (κ2) is 8.36. The normalized spacial score (nSPS) is 10.4. The van der Waals surface area contributed by atoms with Gasteiger partial charge >= 0.3 is 0 Å². The zero-order valence-corrected chi connectivity index (χ0v) is 16.1. The first-order valence-corrected chi connectivity index (χ1v) is 9.16. The van der Waals surface area contributed by atoms with Gasteiger partial charge < -0.3 is 15.7 Å². The van der Waals surface area contributed by atoms with Gasteiger partial charge in [0.2, 0.25) is 11.8 Å². The van der Waals surface area contributed by atoms with E-state index in [0.29, 0.717) is 11.6 Å². The van der Waals surface area contributed by atoms with Crippen LogP contribution >= 0.6 is 0 Å². The van der Waals surface area contributed by atoms with Crippen molar-refractivity contribution in [3.05, 3.63) is 84.4 Å².